The van der Waals surface area contributed by atoms with Crippen LogP contribution in [0.5, 0.6) is 5.88 Å². The molecule has 26 heavy (non-hydrogen) atoms. The van der Waals surface area contributed by atoms with Crippen LogP contribution in [0.25, 0.3) is 0 Å². The van der Waals surface area contributed by atoms with Gasteiger partial charge in [0.15, 0.2) is 5.96 Å². The summed E-state index contributed by atoms with van der Waals surface area (Å²) in [7, 11) is 1.72. The number of guanidine groups is 1. The van der Waals surface area contributed by atoms with Gasteiger partial charge in [-0.3, -0.25) is 4.99 Å². The maximum absolute atomic E-state index is 13.2. The van der Waals surface area contributed by atoms with Crippen LogP contribution in [0.1, 0.15) is 24.5 Å². The highest BCUT2D eigenvalue weighted by Gasteiger charge is 2.06. The van der Waals surface area contributed by atoms with Crippen molar-refractivity contribution in [3.63, 3.8) is 0 Å². The van der Waals surface area contributed by atoms with Crippen LogP contribution in [0, 0.1) is 5.82 Å². The monoisotopic (exact) mass is 472 g/mol. The van der Waals surface area contributed by atoms with Crippen LogP contribution in [0.4, 0.5) is 4.39 Å². The first-order chi connectivity index (χ1) is 12.2. The van der Waals surface area contributed by atoms with E-state index in [0.717, 1.165) is 24.0 Å². The lowest BCUT2D eigenvalue weighted by Gasteiger charge is -2.14. The second-order valence-electron chi connectivity index (χ2n) is 5.55. The zero-order valence-corrected chi connectivity index (χ0v) is 17.5. The van der Waals surface area contributed by atoms with Crippen molar-refractivity contribution in [2.24, 2.45) is 4.99 Å². The van der Waals surface area contributed by atoms with E-state index in [1.807, 2.05) is 18.2 Å². The van der Waals surface area contributed by atoms with E-state index in [-0.39, 0.29) is 29.8 Å². The minimum Gasteiger partial charge on any atom is -0.477 e. The van der Waals surface area contributed by atoms with Crippen molar-refractivity contribution in [1.29, 1.82) is 0 Å². The summed E-state index contributed by atoms with van der Waals surface area (Å²) in [5.41, 5.74) is 1.93. The molecule has 2 aromatic rings. The maximum atomic E-state index is 13.2. The van der Waals surface area contributed by atoms with E-state index in [9.17, 15) is 4.39 Å². The first-order valence-corrected chi connectivity index (χ1v) is 8.48. The number of benzene rings is 1. The maximum Gasteiger partial charge on any atom is 0.218 e. The molecule has 0 unspecified atom stereocenters. The van der Waals surface area contributed by atoms with Gasteiger partial charge in [-0.2, -0.15) is 0 Å². The molecule has 0 aliphatic rings. The lowest BCUT2D eigenvalue weighted by molar-refractivity contribution is 0.301. The highest BCUT2D eigenvalue weighted by Crippen LogP contribution is 2.14. The Morgan fingerprint density at radius 2 is 2.08 bits per heavy atom. The molecule has 0 spiro atoms. The third-order valence-electron chi connectivity index (χ3n) is 3.56. The minimum absolute atomic E-state index is 0. The molecule has 7 heteroatoms. The van der Waals surface area contributed by atoms with Crippen LogP contribution in [-0.2, 0) is 13.0 Å². The van der Waals surface area contributed by atoms with Gasteiger partial charge in [0.05, 0.1) is 6.61 Å². The Morgan fingerprint density at radius 3 is 2.81 bits per heavy atom. The van der Waals surface area contributed by atoms with Gasteiger partial charge in [0.2, 0.25) is 5.88 Å². The average molecular weight is 472 g/mol. The van der Waals surface area contributed by atoms with E-state index in [0.29, 0.717) is 31.5 Å². The molecule has 2 N–H and O–H groups in total. The highest BCUT2D eigenvalue weighted by molar-refractivity contribution is 14.0. The molecule has 0 saturated carbocycles. The standard InChI is InChI=1S/C19H25FN4O.HI/c1-3-12-25-18-16(7-5-10-22-18)14-24-19(21-2)23-11-9-15-6-4-8-17(20)13-15;/h4-8,10,13H,3,9,11-12,14H2,1-2H3,(H2,21,23,24);1H. The average Bonchev–Trinajstić information content (AvgIpc) is 2.63. The van der Waals surface area contributed by atoms with E-state index < -0.39 is 0 Å². The molecule has 1 aromatic carbocycles. The van der Waals surface area contributed by atoms with Gasteiger partial charge in [-0.1, -0.05) is 25.1 Å². The molecule has 0 aliphatic carbocycles. The van der Waals surface area contributed by atoms with Crippen molar-refractivity contribution in [2.75, 3.05) is 20.2 Å². The van der Waals surface area contributed by atoms with Gasteiger partial charge < -0.3 is 15.4 Å². The van der Waals surface area contributed by atoms with E-state index in [1.54, 1.807) is 25.4 Å². The molecule has 142 valence electrons. The second kappa shape index (κ2) is 12.5. The van der Waals surface area contributed by atoms with Crippen LogP contribution in [0.3, 0.4) is 0 Å². The number of hydrogen-bond donors (Lipinski definition) is 2. The van der Waals surface area contributed by atoms with E-state index >= 15 is 0 Å². The Hall–Kier alpha value is -1.90. The summed E-state index contributed by atoms with van der Waals surface area (Å²) >= 11 is 0. The normalized spacial score (nSPS) is 10.8. The van der Waals surface area contributed by atoms with Gasteiger partial charge in [-0.15, -0.1) is 24.0 Å². The van der Waals surface area contributed by atoms with Crippen molar-refractivity contribution in [3.8, 4) is 5.88 Å². The smallest absolute Gasteiger partial charge is 0.218 e. The number of nitrogens with one attached hydrogen (secondary N) is 2. The van der Waals surface area contributed by atoms with E-state index in [1.165, 1.54) is 6.07 Å². The number of aromatic nitrogens is 1. The Balaban J connectivity index is 0.00000338. The molecular weight excluding hydrogens is 446 g/mol. The zero-order chi connectivity index (χ0) is 17.9. The number of halogens is 2. The molecule has 0 bridgehead atoms. The Bertz CT molecular complexity index is 697. The predicted octanol–water partition coefficient (Wildman–Crippen LogP) is 3.54. The SMILES string of the molecule is CCCOc1ncccc1CNC(=NC)NCCc1cccc(F)c1.I. The van der Waals surface area contributed by atoms with Gasteiger partial charge >= 0.3 is 0 Å². The van der Waals surface area contributed by atoms with Gasteiger partial charge in [0.1, 0.15) is 5.82 Å². The van der Waals surface area contributed by atoms with Crippen LogP contribution in [0.2, 0.25) is 0 Å². The third kappa shape index (κ3) is 7.55. The second-order valence-corrected chi connectivity index (χ2v) is 5.55. The molecule has 0 atom stereocenters. The van der Waals surface area contributed by atoms with Crippen LogP contribution in [0.15, 0.2) is 47.6 Å². The fourth-order valence-corrected chi connectivity index (χ4v) is 2.30. The Kier molecular flexibility index (Phi) is 10.6. The summed E-state index contributed by atoms with van der Waals surface area (Å²) in [5.74, 6) is 1.12. The first kappa shape index (κ1) is 22.1. The molecule has 0 radical (unpaired) electrons. The lowest BCUT2D eigenvalue weighted by Crippen LogP contribution is -2.38. The first-order valence-electron chi connectivity index (χ1n) is 8.48. The van der Waals surface area contributed by atoms with Gasteiger partial charge in [-0.25, -0.2) is 9.37 Å². The van der Waals surface area contributed by atoms with Gasteiger partial charge in [0.25, 0.3) is 0 Å². The summed E-state index contributed by atoms with van der Waals surface area (Å²) < 4.78 is 18.8. The highest BCUT2D eigenvalue weighted by atomic mass is 127. The van der Waals surface area contributed by atoms with Crippen molar-refractivity contribution >= 4 is 29.9 Å². The molecule has 2 rings (SSSR count). The number of rotatable bonds is 8. The quantitative estimate of drug-likeness (QED) is 0.351. The number of aliphatic imine (C=N–C) groups is 1. The summed E-state index contributed by atoms with van der Waals surface area (Å²) in [6.45, 7) is 3.93. The summed E-state index contributed by atoms with van der Waals surface area (Å²) in [4.78, 5) is 8.47. The van der Waals surface area contributed by atoms with Gasteiger partial charge in [-0.05, 0) is 36.6 Å². The summed E-state index contributed by atoms with van der Waals surface area (Å²) in [6, 6.07) is 10.5. The minimum atomic E-state index is -0.212. The molecule has 0 amide bonds. The number of nitrogens with zero attached hydrogens (tertiary/aromatic N) is 2. The molecular formula is C19H26FIN4O. The number of ether oxygens (including phenoxy) is 1. The van der Waals surface area contributed by atoms with Crippen LogP contribution < -0.4 is 15.4 Å². The molecule has 1 aromatic heterocycles. The summed E-state index contributed by atoms with van der Waals surface area (Å²) in [6.07, 6.45) is 3.38. The number of pyridine rings is 1. The van der Waals surface area contributed by atoms with Crippen molar-refractivity contribution < 1.29 is 9.13 Å². The van der Waals surface area contributed by atoms with E-state index in [4.69, 9.17) is 4.74 Å². The molecule has 1 heterocycles. The fraction of sp³-hybridized carbons (Fsp3) is 0.368. The van der Waals surface area contributed by atoms with Crippen LogP contribution in [-0.4, -0.2) is 31.1 Å². The topological polar surface area (TPSA) is 58.5 Å². The zero-order valence-electron chi connectivity index (χ0n) is 15.2. The molecule has 5 nitrogen and oxygen atoms in total. The van der Waals surface area contributed by atoms with Gasteiger partial charge in [0, 0.05) is 31.9 Å². The van der Waals surface area contributed by atoms with Crippen molar-refractivity contribution in [2.45, 2.75) is 26.3 Å². The summed E-state index contributed by atoms with van der Waals surface area (Å²) in [5, 5.41) is 6.47. The number of hydrogen-bond acceptors (Lipinski definition) is 3. The Labute approximate surface area is 171 Å². The molecule has 0 aliphatic heterocycles. The van der Waals surface area contributed by atoms with Crippen molar-refractivity contribution in [1.82, 2.24) is 15.6 Å². The lowest BCUT2D eigenvalue weighted by atomic mass is 10.1. The third-order valence-corrected chi connectivity index (χ3v) is 3.56. The van der Waals surface area contributed by atoms with Crippen molar-refractivity contribution in [3.05, 3.63) is 59.5 Å². The molecule has 0 fully saturated rings. The predicted molar refractivity (Wildman–Crippen MR) is 114 cm³/mol. The fourth-order valence-electron chi connectivity index (χ4n) is 2.30. The largest absolute Gasteiger partial charge is 0.477 e. The molecule has 0 saturated heterocycles. The van der Waals surface area contributed by atoms with E-state index in [2.05, 4.69) is 27.5 Å². The van der Waals surface area contributed by atoms with Crippen LogP contribution >= 0.6 is 24.0 Å². The Morgan fingerprint density at radius 1 is 1.23 bits per heavy atom.